The molecule has 0 aliphatic heterocycles. The molecule has 5 nitrogen and oxygen atoms in total. The van der Waals surface area contributed by atoms with Crippen LogP contribution >= 0.6 is 0 Å². The molecule has 0 saturated carbocycles. The third-order valence-electron chi connectivity index (χ3n) is 2.31. The van der Waals surface area contributed by atoms with Crippen molar-refractivity contribution in [2.24, 2.45) is 5.41 Å². The van der Waals surface area contributed by atoms with Gasteiger partial charge in [-0.15, -0.1) is 0 Å². The number of carboxylic acids is 1. The van der Waals surface area contributed by atoms with Gasteiger partial charge in [0.2, 0.25) is 0 Å². The van der Waals surface area contributed by atoms with Crippen LogP contribution in [0.25, 0.3) is 5.65 Å². The zero-order valence-corrected chi connectivity index (χ0v) is 10.1. The van der Waals surface area contributed by atoms with E-state index in [0.717, 1.165) is 0 Å². The normalized spacial score (nSPS) is 11.9. The molecule has 0 atom stereocenters. The van der Waals surface area contributed by atoms with Gasteiger partial charge in [0.05, 0.1) is 0 Å². The minimum atomic E-state index is -0.997. The molecule has 1 N–H and O–H groups in total. The summed E-state index contributed by atoms with van der Waals surface area (Å²) in [6.45, 7) is 6.28. The van der Waals surface area contributed by atoms with Crippen molar-refractivity contribution in [3.05, 3.63) is 29.7 Å². The number of carboxylic acid groups (broad SMARTS) is 1. The Bertz CT molecular complexity index is 567. The van der Waals surface area contributed by atoms with E-state index in [4.69, 9.17) is 5.11 Å². The smallest absolute Gasteiger partial charge is 0.354 e. The van der Waals surface area contributed by atoms with Gasteiger partial charge >= 0.3 is 5.97 Å². The summed E-state index contributed by atoms with van der Waals surface area (Å²) in [5, 5.41) is 13.3. The van der Waals surface area contributed by atoms with E-state index in [1.54, 1.807) is 12.1 Å². The number of rotatable bonds is 2. The van der Waals surface area contributed by atoms with Gasteiger partial charge in [-0.2, -0.15) is 5.10 Å². The molecule has 0 fully saturated rings. The topological polar surface area (TPSA) is 67.5 Å². The van der Waals surface area contributed by atoms with E-state index in [1.165, 1.54) is 10.6 Å². The molecule has 0 unspecified atom stereocenters. The summed E-state index contributed by atoms with van der Waals surface area (Å²) in [5.41, 5.74) is 0.785. The van der Waals surface area contributed by atoms with E-state index < -0.39 is 5.97 Å². The first-order valence-electron chi connectivity index (χ1n) is 5.45. The van der Waals surface area contributed by atoms with Crippen LogP contribution in [0.5, 0.6) is 0 Å². The quantitative estimate of drug-likeness (QED) is 0.861. The molecule has 2 rings (SSSR count). The Morgan fingerprint density at radius 1 is 1.41 bits per heavy atom. The fourth-order valence-corrected chi connectivity index (χ4v) is 1.66. The maximum Gasteiger partial charge on any atom is 0.354 e. The van der Waals surface area contributed by atoms with Crippen molar-refractivity contribution < 1.29 is 9.90 Å². The van der Waals surface area contributed by atoms with Crippen LogP contribution in [0.4, 0.5) is 0 Å². The molecule has 2 heterocycles. The third-order valence-corrected chi connectivity index (χ3v) is 2.31. The van der Waals surface area contributed by atoms with Gasteiger partial charge in [-0.3, -0.25) is 0 Å². The first-order chi connectivity index (χ1) is 7.87. The summed E-state index contributed by atoms with van der Waals surface area (Å²) in [6.07, 6.45) is 0.716. The van der Waals surface area contributed by atoms with Gasteiger partial charge in [0.25, 0.3) is 0 Å². The molecule has 2 aromatic heterocycles. The van der Waals surface area contributed by atoms with E-state index in [-0.39, 0.29) is 11.1 Å². The molecule has 0 aliphatic rings. The predicted molar refractivity (Wildman–Crippen MR) is 63.1 cm³/mol. The van der Waals surface area contributed by atoms with Crippen molar-refractivity contribution in [3.8, 4) is 0 Å². The molecule has 90 valence electrons. The number of aromatic nitrogens is 3. The number of hydrogen-bond acceptors (Lipinski definition) is 3. The van der Waals surface area contributed by atoms with Crippen LogP contribution in [0.1, 0.15) is 37.1 Å². The summed E-state index contributed by atoms with van der Waals surface area (Å²) in [5.74, 6) is -0.325. The van der Waals surface area contributed by atoms with Gasteiger partial charge in [0.15, 0.2) is 17.2 Å². The number of pyridine rings is 1. The summed E-state index contributed by atoms with van der Waals surface area (Å²) < 4.78 is 1.38. The molecule has 0 radical (unpaired) electrons. The average molecular weight is 233 g/mol. The van der Waals surface area contributed by atoms with Gasteiger partial charge in [-0.05, 0) is 17.5 Å². The molecule has 0 saturated heterocycles. The first kappa shape index (κ1) is 11.6. The highest BCUT2D eigenvalue weighted by atomic mass is 16.4. The Balaban J connectivity index is 2.50. The standard InChI is InChI=1S/C12H15N3O2/c1-12(2,3)7-9-13-10-6-4-5-8(11(16)17)15(10)14-9/h4-6H,7H2,1-3H3,(H,16,17). The molecule has 0 spiro atoms. The van der Waals surface area contributed by atoms with Crippen molar-refractivity contribution in [2.45, 2.75) is 27.2 Å². The Hall–Kier alpha value is -1.91. The number of hydrogen-bond donors (Lipinski definition) is 1. The average Bonchev–Trinajstić information content (AvgIpc) is 2.55. The zero-order chi connectivity index (χ0) is 12.6. The molecule has 0 bridgehead atoms. The number of fused-ring (bicyclic) bond motifs is 1. The summed E-state index contributed by atoms with van der Waals surface area (Å²) >= 11 is 0. The van der Waals surface area contributed by atoms with Gasteiger partial charge in [0.1, 0.15) is 0 Å². The highest BCUT2D eigenvalue weighted by Crippen LogP contribution is 2.19. The molecule has 0 aromatic carbocycles. The number of nitrogens with zero attached hydrogens (tertiary/aromatic N) is 3. The predicted octanol–water partition coefficient (Wildman–Crippen LogP) is 2.02. The number of aromatic carboxylic acids is 1. The monoisotopic (exact) mass is 233 g/mol. The molecule has 5 heteroatoms. The zero-order valence-electron chi connectivity index (χ0n) is 10.1. The fourth-order valence-electron chi connectivity index (χ4n) is 1.66. The lowest BCUT2D eigenvalue weighted by Gasteiger charge is -2.14. The van der Waals surface area contributed by atoms with Crippen LogP contribution in [-0.4, -0.2) is 25.7 Å². The lowest BCUT2D eigenvalue weighted by Crippen LogP contribution is -2.11. The van der Waals surface area contributed by atoms with E-state index in [9.17, 15) is 4.79 Å². The van der Waals surface area contributed by atoms with Crippen molar-refractivity contribution in [3.63, 3.8) is 0 Å². The third kappa shape index (κ3) is 2.43. The van der Waals surface area contributed by atoms with Crippen LogP contribution in [0, 0.1) is 5.41 Å². The summed E-state index contributed by atoms with van der Waals surface area (Å²) in [4.78, 5) is 15.4. The minimum Gasteiger partial charge on any atom is -0.477 e. The Kier molecular flexibility index (Phi) is 2.61. The van der Waals surface area contributed by atoms with Gasteiger partial charge < -0.3 is 5.11 Å². The Morgan fingerprint density at radius 3 is 2.71 bits per heavy atom. The van der Waals surface area contributed by atoms with E-state index in [2.05, 4.69) is 30.9 Å². The van der Waals surface area contributed by atoms with Gasteiger partial charge in [-0.25, -0.2) is 14.3 Å². The molecule has 0 aliphatic carbocycles. The molecule has 17 heavy (non-hydrogen) atoms. The maximum absolute atomic E-state index is 11.0. The lowest BCUT2D eigenvalue weighted by atomic mass is 9.92. The van der Waals surface area contributed by atoms with Crippen LogP contribution in [0.3, 0.4) is 0 Å². The lowest BCUT2D eigenvalue weighted by molar-refractivity contribution is 0.0687. The Morgan fingerprint density at radius 2 is 2.12 bits per heavy atom. The van der Waals surface area contributed by atoms with Crippen molar-refractivity contribution in [1.82, 2.24) is 14.6 Å². The van der Waals surface area contributed by atoms with Gasteiger partial charge in [-0.1, -0.05) is 26.8 Å². The van der Waals surface area contributed by atoms with Crippen molar-refractivity contribution in [2.75, 3.05) is 0 Å². The second-order valence-corrected chi connectivity index (χ2v) is 5.25. The van der Waals surface area contributed by atoms with Gasteiger partial charge in [0, 0.05) is 6.42 Å². The van der Waals surface area contributed by atoms with Crippen LogP contribution < -0.4 is 0 Å². The highest BCUT2D eigenvalue weighted by Gasteiger charge is 2.17. The van der Waals surface area contributed by atoms with Crippen LogP contribution in [0.15, 0.2) is 18.2 Å². The second kappa shape index (κ2) is 3.84. The largest absolute Gasteiger partial charge is 0.477 e. The van der Waals surface area contributed by atoms with E-state index in [1.807, 2.05) is 0 Å². The molecule has 0 amide bonds. The van der Waals surface area contributed by atoms with Crippen molar-refractivity contribution >= 4 is 11.6 Å². The summed E-state index contributed by atoms with van der Waals surface area (Å²) in [6, 6.07) is 4.95. The molecular weight excluding hydrogens is 218 g/mol. The SMILES string of the molecule is CC(C)(C)Cc1nc2cccc(C(=O)O)n2n1. The highest BCUT2D eigenvalue weighted by molar-refractivity contribution is 5.86. The number of carbonyl (C=O) groups is 1. The van der Waals surface area contributed by atoms with Crippen molar-refractivity contribution in [1.29, 1.82) is 0 Å². The fraction of sp³-hybridized carbons (Fsp3) is 0.417. The van der Waals surface area contributed by atoms with Crippen LogP contribution in [-0.2, 0) is 6.42 Å². The molecule has 2 aromatic rings. The van der Waals surface area contributed by atoms with Crippen LogP contribution in [0.2, 0.25) is 0 Å². The minimum absolute atomic E-state index is 0.0777. The van der Waals surface area contributed by atoms with E-state index in [0.29, 0.717) is 17.9 Å². The van der Waals surface area contributed by atoms with E-state index >= 15 is 0 Å². The molecular formula is C12H15N3O2. The Labute approximate surface area is 99.1 Å². The summed E-state index contributed by atoms with van der Waals surface area (Å²) in [7, 11) is 0. The first-order valence-corrected chi connectivity index (χ1v) is 5.45. The second-order valence-electron chi connectivity index (χ2n) is 5.25. The maximum atomic E-state index is 11.0.